The third-order valence-electron chi connectivity index (χ3n) is 1.97. The highest BCUT2D eigenvalue weighted by Crippen LogP contribution is 2.25. The number of hydrogen-bond acceptors (Lipinski definition) is 1. The number of furan rings is 1. The standard InChI is InChI=1S/C10H11O/c1-2-5-9(6-3-1)10-7-4-8-11-10/h2,4-5,7-8H,1,3,6H2. The van der Waals surface area contributed by atoms with E-state index in [1.807, 2.05) is 12.1 Å². The van der Waals surface area contributed by atoms with Crippen LogP contribution in [-0.4, -0.2) is 0 Å². The van der Waals surface area contributed by atoms with E-state index < -0.39 is 0 Å². The van der Waals surface area contributed by atoms with Crippen molar-refractivity contribution >= 4 is 5.57 Å². The molecule has 1 aliphatic carbocycles. The van der Waals surface area contributed by atoms with Crippen LogP contribution in [0, 0.1) is 6.42 Å². The SMILES string of the molecule is [CH]1C=C(c2ccco2)CCC1. The molecule has 1 nitrogen and oxygen atoms in total. The molecule has 0 bridgehead atoms. The minimum absolute atomic E-state index is 1.03. The zero-order chi connectivity index (χ0) is 7.52. The maximum absolute atomic E-state index is 5.28. The summed E-state index contributed by atoms with van der Waals surface area (Å²) >= 11 is 0. The van der Waals surface area contributed by atoms with Crippen molar-refractivity contribution in [2.75, 3.05) is 0 Å². The molecule has 0 aromatic carbocycles. The molecule has 1 radical (unpaired) electrons. The van der Waals surface area contributed by atoms with Crippen molar-refractivity contribution < 1.29 is 4.42 Å². The summed E-state index contributed by atoms with van der Waals surface area (Å²) in [5.74, 6) is 1.03. The Balaban J connectivity index is 2.22. The van der Waals surface area contributed by atoms with E-state index in [2.05, 4.69) is 12.5 Å². The molecule has 1 heteroatoms. The molecule has 2 rings (SSSR count). The van der Waals surface area contributed by atoms with Crippen LogP contribution in [0.15, 0.2) is 28.9 Å². The fourth-order valence-corrected chi connectivity index (χ4v) is 1.39. The molecule has 0 spiro atoms. The molecule has 0 amide bonds. The maximum atomic E-state index is 5.28. The molecule has 0 saturated heterocycles. The highest BCUT2D eigenvalue weighted by molar-refractivity contribution is 5.63. The average Bonchev–Trinajstić information content (AvgIpc) is 2.58. The molecular formula is C10H11O. The van der Waals surface area contributed by atoms with E-state index in [0.29, 0.717) is 0 Å². The Morgan fingerprint density at radius 1 is 1.36 bits per heavy atom. The van der Waals surface area contributed by atoms with Crippen molar-refractivity contribution in [3.63, 3.8) is 0 Å². The lowest BCUT2D eigenvalue weighted by molar-refractivity contribution is 0.548. The van der Waals surface area contributed by atoms with Crippen LogP contribution in [0.2, 0.25) is 0 Å². The first-order valence-electron chi connectivity index (χ1n) is 4.03. The van der Waals surface area contributed by atoms with Gasteiger partial charge in [0.05, 0.1) is 6.26 Å². The monoisotopic (exact) mass is 147 g/mol. The third-order valence-corrected chi connectivity index (χ3v) is 1.97. The molecule has 0 fully saturated rings. The van der Waals surface area contributed by atoms with Gasteiger partial charge in [-0.05, 0) is 43.4 Å². The van der Waals surface area contributed by atoms with Gasteiger partial charge in [-0.2, -0.15) is 0 Å². The smallest absolute Gasteiger partial charge is 0.129 e. The van der Waals surface area contributed by atoms with Gasteiger partial charge in [0.1, 0.15) is 5.76 Å². The van der Waals surface area contributed by atoms with Gasteiger partial charge < -0.3 is 4.42 Å². The summed E-state index contributed by atoms with van der Waals surface area (Å²) in [4.78, 5) is 0. The molecular weight excluding hydrogens is 136 g/mol. The topological polar surface area (TPSA) is 13.1 Å². The molecule has 1 heterocycles. The Morgan fingerprint density at radius 3 is 3.00 bits per heavy atom. The maximum Gasteiger partial charge on any atom is 0.129 e. The Labute approximate surface area is 66.7 Å². The van der Waals surface area contributed by atoms with Gasteiger partial charge in [0.25, 0.3) is 0 Å². The first-order valence-corrected chi connectivity index (χ1v) is 4.03. The Kier molecular flexibility index (Phi) is 1.80. The number of rotatable bonds is 1. The predicted octanol–water partition coefficient (Wildman–Crippen LogP) is 3.05. The molecule has 0 unspecified atom stereocenters. The van der Waals surface area contributed by atoms with E-state index in [0.717, 1.165) is 12.2 Å². The van der Waals surface area contributed by atoms with Crippen molar-refractivity contribution in [1.82, 2.24) is 0 Å². The molecule has 57 valence electrons. The highest BCUT2D eigenvalue weighted by atomic mass is 16.3. The lowest BCUT2D eigenvalue weighted by Crippen LogP contribution is -1.89. The minimum Gasteiger partial charge on any atom is -0.465 e. The Hall–Kier alpha value is -0.980. The molecule has 11 heavy (non-hydrogen) atoms. The van der Waals surface area contributed by atoms with Gasteiger partial charge in [0.2, 0.25) is 0 Å². The number of hydrogen-bond donors (Lipinski definition) is 0. The summed E-state index contributed by atoms with van der Waals surface area (Å²) in [5.41, 5.74) is 1.33. The van der Waals surface area contributed by atoms with E-state index in [9.17, 15) is 0 Å². The van der Waals surface area contributed by atoms with Gasteiger partial charge in [0.15, 0.2) is 0 Å². The quantitative estimate of drug-likeness (QED) is 0.595. The van der Waals surface area contributed by atoms with Crippen molar-refractivity contribution in [3.8, 4) is 0 Å². The zero-order valence-electron chi connectivity index (χ0n) is 6.42. The van der Waals surface area contributed by atoms with E-state index in [1.54, 1.807) is 6.26 Å². The van der Waals surface area contributed by atoms with Crippen LogP contribution in [0.5, 0.6) is 0 Å². The summed E-state index contributed by atoms with van der Waals surface area (Å²) in [6.07, 6.45) is 9.73. The van der Waals surface area contributed by atoms with E-state index in [-0.39, 0.29) is 0 Å². The van der Waals surface area contributed by atoms with E-state index >= 15 is 0 Å². The summed E-state index contributed by atoms with van der Waals surface area (Å²) in [7, 11) is 0. The van der Waals surface area contributed by atoms with Gasteiger partial charge in [-0.1, -0.05) is 6.08 Å². The first kappa shape index (κ1) is 6.71. The van der Waals surface area contributed by atoms with Crippen molar-refractivity contribution in [3.05, 3.63) is 36.7 Å². The largest absolute Gasteiger partial charge is 0.465 e. The molecule has 1 aromatic heterocycles. The molecule has 0 N–H and O–H groups in total. The van der Waals surface area contributed by atoms with Crippen LogP contribution in [0.1, 0.15) is 25.0 Å². The van der Waals surface area contributed by atoms with Crippen LogP contribution in [0.3, 0.4) is 0 Å². The molecule has 0 atom stereocenters. The minimum atomic E-state index is 1.03. The average molecular weight is 147 g/mol. The van der Waals surface area contributed by atoms with Crippen LogP contribution >= 0.6 is 0 Å². The summed E-state index contributed by atoms with van der Waals surface area (Å²) in [6.45, 7) is 0. The second-order valence-electron chi connectivity index (χ2n) is 2.80. The second-order valence-corrected chi connectivity index (χ2v) is 2.80. The van der Waals surface area contributed by atoms with Crippen LogP contribution in [-0.2, 0) is 0 Å². The van der Waals surface area contributed by atoms with Crippen molar-refractivity contribution in [1.29, 1.82) is 0 Å². The summed E-state index contributed by atoms with van der Waals surface area (Å²) < 4.78 is 5.28. The van der Waals surface area contributed by atoms with Gasteiger partial charge in [0, 0.05) is 0 Å². The van der Waals surface area contributed by atoms with Crippen LogP contribution in [0.4, 0.5) is 0 Å². The molecule has 0 aliphatic heterocycles. The zero-order valence-corrected chi connectivity index (χ0v) is 6.42. The third kappa shape index (κ3) is 1.37. The van der Waals surface area contributed by atoms with Crippen molar-refractivity contribution in [2.45, 2.75) is 19.3 Å². The molecule has 1 aromatic rings. The Bertz CT molecular complexity index is 244. The van der Waals surface area contributed by atoms with Gasteiger partial charge >= 0.3 is 0 Å². The Morgan fingerprint density at radius 2 is 2.36 bits per heavy atom. The van der Waals surface area contributed by atoms with Crippen LogP contribution < -0.4 is 0 Å². The van der Waals surface area contributed by atoms with Gasteiger partial charge in [-0.25, -0.2) is 0 Å². The fraction of sp³-hybridized carbons (Fsp3) is 0.300. The normalized spacial score (nSPS) is 18.0. The van der Waals surface area contributed by atoms with E-state index in [4.69, 9.17) is 4.42 Å². The first-order chi connectivity index (χ1) is 5.47. The summed E-state index contributed by atoms with van der Waals surface area (Å²) in [6, 6.07) is 3.95. The van der Waals surface area contributed by atoms with Gasteiger partial charge in [-0.3, -0.25) is 0 Å². The van der Waals surface area contributed by atoms with E-state index in [1.165, 1.54) is 18.4 Å². The lowest BCUT2D eigenvalue weighted by atomic mass is 9.98. The lowest BCUT2D eigenvalue weighted by Gasteiger charge is -2.08. The molecule has 0 saturated carbocycles. The van der Waals surface area contributed by atoms with Crippen molar-refractivity contribution in [2.24, 2.45) is 0 Å². The fourth-order valence-electron chi connectivity index (χ4n) is 1.39. The summed E-state index contributed by atoms with van der Waals surface area (Å²) in [5, 5.41) is 0. The molecule has 1 aliphatic rings. The number of allylic oxidation sites excluding steroid dienone is 2. The predicted molar refractivity (Wildman–Crippen MR) is 44.8 cm³/mol. The second kappa shape index (κ2) is 2.95. The highest BCUT2D eigenvalue weighted by Gasteiger charge is 2.07. The van der Waals surface area contributed by atoms with Gasteiger partial charge in [-0.15, -0.1) is 0 Å². The van der Waals surface area contributed by atoms with Crippen LogP contribution in [0.25, 0.3) is 5.57 Å².